The number of carbonyl (C=O) groups is 1. The Hall–Kier alpha value is -1.86. The molecule has 0 spiro atoms. The summed E-state index contributed by atoms with van der Waals surface area (Å²) in [5.41, 5.74) is 6.83. The summed E-state index contributed by atoms with van der Waals surface area (Å²) in [6.45, 7) is 5.78. The lowest BCUT2D eigenvalue weighted by Gasteiger charge is -2.22. The van der Waals surface area contributed by atoms with E-state index in [1.165, 1.54) is 13.2 Å². The highest BCUT2D eigenvalue weighted by Gasteiger charge is 2.31. The molecule has 122 valence electrons. The summed E-state index contributed by atoms with van der Waals surface area (Å²) in [4.78, 5) is 12.1. The summed E-state index contributed by atoms with van der Waals surface area (Å²) >= 11 is 0. The second-order valence-electron chi connectivity index (χ2n) is 5.63. The van der Waals surface area contributed by atoms with Crippen LogP contribution in [0.2, 0.25) is 0 Å². The summed E-state index contributed by atoms with van der Waals surface area (Å²) in [7, 11) is 1.42. The van der Waals surface area contributed by atoms with Crippen LogP contribution in [0.25, 0.3) is 0 Å². The lowest BCUT2D eigenvalue weighted by Crippen LogP contribution is -2.50. The van der Waals surface area contributed by atoms with Gasteiger partial charge in [0.1, 0.15) is 0 Å². The van der Waals surface area contributed by atoms with E-state index in [2.05, 4.69) is 21.5 Å². The van der Waals surface area contributed by atoms with Crippen molar-refractivity contribution in [2.75, 3.05) is 7.11 Å². The monoisotopic (exact) mass is 310 g/mol. The second-order valence-corrected chi connectivity index (χ2v) is 5.63. The largest absolute Gasteiger partial charge is 0.494 e. The van der Waals surface area contributed by atoms with Gasteiger partial charge in [-0.2, -0.15) is 0 Å². The molecule has 1 fully saturated rings. The summed E-state index contributed by atoms with van der Waals surface area (Å²) in [5, 5.41) is 5.74. The minimum Gasteiger partial charge on any atom is -0.494 e. The Labute approximate surface area is 129 Å². The number of methoxy groups -OCH3 is 1. The van der Waals surface area contributed by atoms with Gasteiger partial charge in [-0.25, -0.2) is 9.18 Å². The van der Waals surface area contributed by atoms with Gasteiger partial charge in [-0.05, 0) is 38.5 Å². The average molecular weight is 310 g/mol. The average Bonchev–Trinajstić information content (AvgIpc) is 2.79. The first kappa shape index (κ1) is 16.5. The molecule has 2 amide bonds. The standard InChI is InChI=1S/C15H23FN4O2/c1-8(11-5-6-13(22-4)12(16)7-11)17-15(21)18-14-9(2)19-20-10(14)3/h5-10,14,19-20H,1-4H3,(H2,17,18,21). The third-order valence-corrected chi connectivity index (χ3v) is 3.94. The number of ether oxygens (including phenoxy) is 1. The van der Waals surface area contributed by atoms with Gasteiger partial charge in [0.15, 0.2) is 11.6 Å². The molecule has 0 aromatic heterocycles. The quantitative estimate of drug-likeness (QED) is 0.679. The van der Waals surface area contributed by atoms with E-state index in [0.717, 1.165) is 0 Å². The van der Waals surface area contributed by atoms with Crippen LogP contribution in [0.4, 0.5) is 9.18 Å². The number of benzene rings is 1. The van der Waals surface area contributed by atoms with Crippen LogP contribution in [0, 0.1) is 5.82 Å². The first-order valence-electron chi connectivity index (χ1n) is 7.34. The van der Waals surface area contributed by atoms with E-state index in [1.54, 1.807) is 19.1 Å². The van der Waals surface area contributed by atoms with E-state index in [1.807, 2.05) is 13.8 Å². The van der Waals surface area contributed by atoms with Gasteiger partial charge in [0.2, 0.25) is 0 Å². The van der Waals surface area contributed by atoms with Gasteiger partial charge in [0.05, 0.1) is 19.2 Å². The number of nitrogens with one attached hydrogen (secondary N) is 4. The van der Waals surface area contributed by atoms with Crippen LogP contribution in [0.5, 0.6) is 5.75 Å². The Kier molecular flexibility index (Phi) is 5.20. The van der Waals surface area contributed by atoms with E-state index in [-0.39, 0.29) is 35.9 Å². The molecule has 7 heteroatoms. The summed E-state index contributed by atoms with van der Waals surface area (Å²) in [6.07, 6.45) is 0. The highest BCUT2D eigenvalue weighted by molar-refractivity contribution is 5.75. The fourth-order valence-electron chi connectivity index (χ4n) is 2.55. The van der Waals surface area contributed by atoms with Crippen LogP contribution < -0.4 is 26.2 Å². The zero-order valence-corrected chi connectivity index (χ0v) is 13.2. The summed E-state index contributed by atoms with van der Waals surface area (Å²) < 4.78 is 18.6. The number of hydrogen-bond acceptors (Lipinski definition) is 4. The number of carbonyl (C=O) groups excluding carboxylic acids is 1. The van der Waals surface area contributed by atoms with Gasteiger partial charge in [-0.3, -0.25) is 10.9 Å². The van der Waals surface area contributed by atoms with Gasteiger partial charge in [0, 0.05) is 12.1 Å². The Morgan fingerprint density at radius 2 is 1.95 bits per heavy atom. The number of rotatable bonds is 4. The van der Waals surface area contributed by atoms with Gasteiger partial charge < -0.3 is 15.4 Å². The van der Waals surface area contributed by atoms with Crippen molar-refractivity contribution >= 4 is 6.03 Å². The first-order valence-corrected chi connectivity index (χ1v) is 7.34. The van der Waals surface area contributed by atoms with Crippen LogP contribution >= 0.6 is 0 Å². The van der Waals surface area contributed by atoms with Crippen molar-refractivity contribution in [1.82, 2.24) is 21.5 Å². The number of halogens is 1. The molecule has 0 aliphatic carbocycles. The van der Waals surface area contributed by atoms with Crippen molar-refractivity contribution in [1.29, 1.82) is 0 Å². The molecule has 4 N–H and O–H groups in total. The molecular formula is C15H23FN4O2. The highest BCUT2D eigenvalue weighted by Crippen LogP contribution is 2.21. The number of amides is 2. The first-order chi connectivity index (χ1) is 10.4. The smallest absolute Gasteiger partial charge is 0.315 e. The minimum atomic E-state index is -0.444. The van der Waals surface area contributed by atoms with Crippen molar-refractivity contribution < 1.29 is 13.9 Å². The topological polar surface area (TPSA) is 74.4 Å². The van der Waals surface area contributed by atoms with E-state index in [9.17, 15) is 9.18 Å². The summed E-state index contributed by atoms with van der Waals surface area (Å²) in [5.74, 6) is -0.258. The molecule has 22 heavy (non-hydrogen) atoms. The van der Waals surface area contributed by atoms with Gasteiger partial charge in [-0.15, -0.1) is 0 Å². The maximum Gasteiger partial charge on any atom is 0.315 e. The Morgan fingerprint density at radius 3 is 2.50 bits per heavy atom. The van der Waals surface area contributed by atoms with Crippen LogP contribution in [-0.2, 0) is 0 Å². The van der Waals surface area contributed by atoms with Crippen molar-refractivity contribution in [3.05, 3.63) is 29.6 Å². The van der Waals surface area contributed by atoms with E-state index >= 15 is 0 Å². The lowest BCUT2D eigenvalue weighted by molar-refractivity contribution is 0.232. The molecule has 0 radical (unpaired) electrons. The zero-order chi connectivity index (χ0) is 16.3. The predicted molar refractivity (Wildman–Crippen MR) is 82.0 cm³/mol. The van der Waals surface area contributed by atoms with Crippen molar-refractivity contribution in [3.63, 3.8) is 0 Å². The lowest BCUT2D eigenvalue weighted by atomic mass is 10.1. The SMILES string of the molecule is COc1ccc(C(C)NC(=O)NC2C(C)NNC2C)cc1F. The molecule has 1 saturated heterocycles. The van der Waals surface area contributed by atoms with Gasteiger partial charge in [0.25, 0.3) is 0 Å². The Bertz CT molecular complexity index is 530. The fourth-order valence-corrected chi connectivity index (χ4v) is 2.55. The Morgan fingerprint density at radius 1 is 1.32 bits per heavy atom. The molecule has 1 aliphatic heterocycles. The maximum atomic E-state index is 13.7. The van der Waals surface area contributed by atoms with E-state index < -0.39 is 5.82 Å². The molecule has 1 aliphatic rings. The van der Waals surface area contributed by atoms with Crippen LogP contribution in [-0.4, -0.2) is 31.3 Å². The van der Waals surface area contributed by atoms with Crippen LogP contribution in [0.1, 0.15) is 32.4 Å². The maximum absolute atomic E-state index is 13.7. The fraction of sp³-hybridized carbons (Fsp3) is 0.533. The molecule has 3 unspecified atom stereocenters. The van der Waals surface area contributed by atoms with E-state index in [4.69, 9.17) is 4.74 Å². The second kappa shape index (κ2) is 6.93. The van der Waals surface area contributed by atoms with E-state index in [0.29, 0.717) is 5.56 Å². The van der Waals surface area contributed by atoms with Crippen LogP contribution in [0.3, 0.4) is 0 Å². The summed E-state index contributed by atoms with van der Waals surface area (Å²) in [6, 6.07) is 4.32. The van der Waals surface area contributed by atoms with Crippen molar-refractivity contribution in [2.24, 2.45) is 0 Å². The third kappa shape index (κ3) is 3.66. The predicted octanol–water partition coefficient (Wildman–Crippen LogP) is 1.45. The molecule has 2 rings (SSSR count). The van der Waals surface area contributed by atoms with Crippen LogP contribution in [0.15, 0.2) is 18.2 Å². The molecule has 0 saturated carbocycles. The van der Waals surface area contributed by atoms with Gasteiger partial charge >= 0.3 is 6.03 Å². The third-order valence-electron chi connectivity index (χ3n) is 3.94. The van der Waals surface area contributed by atoms with Gasteiger partial charge in [-0.1, -0.05) is 6.07 Å². The molecule has 0 bridgehead atoms. The molecule has 6 nitrogen and oxygen atoms in total. The molecular weight excluding hydrogens is 287 g/mol. The zero-order valence-electron chi connectivity index (χ0n) is 13.2. The van der Waals surface area contributed by atoms with Crippen molar-refractivity contribution in [2.45, 2.75) is 44.9 Å². The molecule has 1 heterocycles. The minimum absolute atomic E-state index is 0.0141. The Balaban J connectivity index is 1.95. The number of urea groups is 1. The number of hydrogen-bond donors (Lipinski definition) is 4. The van der Waals surface area contributed by atoms with Crippen molar-refractivity contribution in [3.8, 4) is 5.75 Å². The molecule has 1 aromatic carbocycles. The number of hydrazine groups is 1. The highest BCUT2D eigenvalue weighted by atomic mass is 19.1. The molecule has 3 atom stereocenters. The normalized spacial score (nSPS) is 25.6. The molecule has 1 aromatic rings.